The average molecular weight is 403 g/mol. The van der Waals surface area contributed by atoms with Crippen LogP contribution in [-0.2, 0) is 23.6 Å². The van der Waals surface area contributed by atoms with E-state index in [1.165, 1.54) is 22.0 Å². The van der Waals surface area contributed by atoms with E-state index in [1.54, 1.807) is 0 Å². The van der Waals surface area contributed by atoms with Crippen molar-refractivity contribution in [2.24, 2.45) is 4.99 Å². The number of aromatic nitrogens is 1. The van der Waals surface area contributed by atoms with Crippen LogP contribution in [0.1, 0.15) is 50.7 Å². The number of hydrogen-bond acceptors (Lipinski definition) is 2. The molecule has 0 amide bonds. The van der Waals surface area contributed by atoms with Crippen LogP contribution in [0.4, 0.5) is 0 Å². The molecule has 6 heteroatoms. The van der Waals surface area contributed by atoms with E-state index in [0.717, 1.165) is 56.8 Å². The van der Waals surface area contributed by atoms with Crippen molar-refractivity contribution < 1.29 is 4.21 Å². The molecular formula is C22H34N4OS. The molecule has 2 aromatic rings. The van der Waals surface area contributed by atoms with Crippen molar-refractivity contribution in [3.05, 3.63) is 35.5 Å². The number of aryl methyl sites for hydroxylation is 1. The summed E-state index contributed by atoms with van der Waals surface area (Å²) in [6.07, 6.45) is 8.45. The number of hydrogen-bond donors (Lipinski definition) is 3. The van der Waals surface area contributed by atoms with E-state index >= 15 is 0 Å². The topological polar surface area (TPSA) is 69.3 Å². The summed E-state index contributed by atoms with van der Waals surface area (Å²) in [5, 5.41) is 8.65. The zero-order valence-corrected chi connectivity index (χ0v) is 18.2. The monoisotopic (exact) mass is 402 g/mol. The Hall–Kier alpha value is -1.82. The van der Waals surface area contributed by atoms with Gasteiger partial charge in [-0.3, -0.25) is 9.20 Å². The second kappa shape index (κ2) is 10.1. The molecule has 28 heavy (non-hydrogen) atoms. The number of rotatable bonds is 7. The van der Waals surface area contributed by atoms with Gasteiger partial charge in [-0.15, -0.1) is 0 Å². The highest BCUT2D eigenvalue weighted by Gasteiger charge is 2.26. The van der Waals surface area contributed by atoms with Gasteiger partial charge >= 0.3 is 0 Å². The molecule has 0 spiro atoms. The quantitative estimate of drug-likeness (QED) is 0.490. The van der Waals surface area contributed by atoms with E-state index in [0.29, 0.717) is 11.3 Å². The molecule has 1 aromatic heterocycles. The minimum absolute atomic E-state index is 0.327. The molecular weight excluding hydrogens is 368 g/mol. The molecule has 0 saturated heterocycles. The van der Waals surface area contributed by atoms with Crippen LogP contribution >= 0.6 is 0 Å². The minimum Gasteiger partial charge on any atom is -0.361 e. The van der Waals surface area contributed by atoms with Crippen LogP contribution in [0.3, 0.4) is 0 Å². The van der Waals surface area contributed by atoms with Gasteiger partial charge in [-0.25, -0.2) is 0 Å². The lowest BCUT2D eigenvalue weighted by Crippen LogP contribution is -2.47. The lowest BCUT2D eigenvalue weighted by Gasteiger charge is -2.30. The van der Waals surface area contributed by atoms with E-state index in [9.17, 15) is 4.21 Å². The molecule has 154 valence electrons. The molecule has 1 aromatic carbocycles. The fourth-order valence-corrected chi connectivity index (χ4v) is 5.58. The zero-order chi connectivity index (χ0) is 19.9. The number of H-pyrrole nitrogens is 1. The fourth-order valence-electron chi connectivity index (χ4n) is 4.23. The molecule has 1 aliphatic rings. The highest BCUT2D eigenvalue weighted by molar-refractivity contribution is 7.85. The second-order valence-corrected chi connectivity index (χ2v) is 9.56. The van der Waals surface area contributed by atoms with Gasteiger partial charge in [-0.1, -0.05) is 38.5 Å². The Morgan fingerprint density at radius 3 is 2.89 bits per heavy atom. The first-order chi connectivity index (χ1) is 13.7. The number of para-hydroxylation sites is 1. The third-order valence-electron chi connectivity index (χ3n) is 5.80. The molecule has 0 radical (unpaired) electrons. The number of aromatic amines is 1. The number of aliphatic imine (C=N–C) groups is 1. The first kappa shape index (κ1) is 20.9. The molecule has 3 atom stereocenters. The van der Waals surface area contributed by atoms with Gasteiger partial charge < -0.3 is 15.6 Å². The van der Waals surface area contributed by atoms with Gasteiger partial charge in [-0.05, 0) is 43.2 Å². The molecule has 0 bridgehead atoms. The lowest BCUT2D eigenvalue weighted by molar-refractivity contribution is 0.413. The van der Waals surface area contributed by atoms with Crippen molar-refractivity contribution >= 4 is 27.7 Å². The van der Waals surface area contributed by atoms with Crippen molar-refractivity contribution in [1.82, 2.24) is 15.6 Å². The van der Waals surface area contributed by atoms with E-state index < -0.39 is 10.8 Å². The predicted octanol–water partition coefficient (Wildman–Crippen LogP) is 3.52. The molecule has 1 heterocycles. The van der Waals surface area contributed by atoms with Crippen LogP contribution in [0.15, 0.2) is 29.4 Å². The minimum atomic E-state index is -0.697. The maximum atomic E-state index is 12.2. The standard InChI is InChI=1S/C22H34N4OS/c1-4-16-8-6-11-20-17(15-25-21(16)20)12-13-24-22(23-3)26-18-9-7-10-19(14-18)28(27)5-2/h6,8,11,15,18-19,25H,4-5,7,9-10,12-14H2,1-3H3,(H2,23,24,26). The summed E-state index contributed by atoms with van der Waals surface area (Å²) in [5.74, 6) is 1.61. The van der Waals surface area contributed by atoms with Crippen LogP contribution < -0.4 is 10.6 Å². The van der Waals surface area contributed by atoms with Gasteiger partial charge in [0, 0.05) is 58.5 Å². The number of fused-ring (bicyclic) bond motifs is 1. The summed E-state index contributed by atoms with van der Waals surface area (Å²) in [5.41, 5.74) is 3.97. The Bertz CT molecular complexity index is 829. The third-order valence-corrected chi connectivity index (χ3v) is 7.54. The summed E-state index contributed by atoms with van der Waals surface area (Å²) in [6.45, 7) is 5.04. The van der Waals surface area contributed by atoms with Crippen LogP contribution in [0, 0.1) is 0 Å². The van der Waals surface area contributed by atoms with E-state index in [-0.39, 0.29) is 0 Å². The van der Waals surface area contributed by atoms with Crippen molar-refractivity contribution in [2.45, 2.75) is 63.7 Å². The summed E-state index contributed by atoms with van der Waals surface area (Å²) in [6, 6.07) is 6.89. The van der Waals surface area contributed by atoms with E-state index in [2.05, 4.69) is 51.9 Å². The Morgan fingerprint density at radius 1 is 1.29 bits per heavy atom. The van der Waals surface area contributed by atoms with Gasteiger partial charge in [0.05, 0.1) is 0 Å². The summed E-state index contributed by atoms with van der Waals surface area (Å²) < 4.78 is 12.2. The van der Waals surface area contributed by atoms with Gasteiger partial charge in [0.25, 0.3) is 0 Å². The first-order valence-corrected chi connectivity index (χ1v) is 12.0. The zero-order valence-electron chi connectivity index (χ0n) is 17.4. The number of nitrogens with zero attached hydrogens (tertiary/aromatic N) is 1. The smallest absolute Gasteiger partial charge is 0.191 e. The lowest BCUT2D eigenvalue weighted by atomic mass is 9.95. The van der Waals surface area contributed by atoms with Gasteiger partial charge in [0.1, 0.15) is 0 Å². The molecule has 1 aliphatic carbocycles. The van der Waals surface area contributed by atoms with Crippen molar-refractivity contribution in [2.75, 3.05) is 19.3 Å². The molecule has 5 nitrogen and oxygen atoms in total. The van der Waals surface area contributed by atoms with Crippen LogP contribution in [0.2, 0.25) is 0 Å². The number of guanidine groups is 1. The fraction of sp³-hybridized carbons (Fsp3) is 0.591. The average Bonchev–Trinajstić information content (AvgIpc) is 3.15. The largest absolute Gasteiger partial charge is 0.361 e. The molecule has 0 aliphatic heterocycles. The predicted molar refractivity (Wildman–Crippen MR) is 121 cm³/mol. The Kier molecular flexibility index (Phi) is 7.54. The highest BCUT2D eigenvalue weighted by Crippen LogP contribution is 2.23. The van der Waals surface area contributed by atoms with Crippen molar-refractivity contribution in [3.63, 3.8) is 0 Å². The second-order valence-electron chi connectivity index (χ2n) is 7.56. The maximum absolute atomic E-state index is 12.2. The van der Waals surface area contributed by atoms with Gasteiger partial charge in [0.15, 0.2) is 5.96 Å². The van der Waals surface area contributed by atoms with Crippen molar-refractivity contribution in [1.29, 1.82) is 0 Å². The number of nitrogens with one attached hydrogen (secondary N) is 3. The molecule has 1 saturated carbocycles. The molecule has 3 N–H and O–H groups in total. The van der Waals surface area contributed by atoms with E-state index in [1.807, 2.05) is 14.0 Å². The summed E-state index contributed by atoms with van der Waals surface area (Å²) in [7, 11) is 1.12. The summed E-state index contributed by atoms with van der Waals surface area (Å²) in [4.78, 5) is 7.84. The van der Waals surface area contributed by atoms with Gasteiger partial charge in [0.2, 0.25) is 0 Å². The normalized spacial score (nSPS) is 21.6. The third kappa shape index (κ3) is 4.96. The van der Waals surface area contributed by atoms with E-state index in [4.69, 9.17) is 0 Å². The number of benzene rings is 1. The van der Waals surface area contributed by atoms with Crippen LogP contribution in [0.25, 0.3) is 10.9 Å². The van der Waals surface area contributed by atoms with Crippen LogP contribution in [-0.4, -0.2) is 45.8 Å². The SMILES string of the molecule is CCc1cccc2c(CCNC(=NC)NC3CCCC(S(=O)CC)C3)c[nH]c12. The summed E-state index contributed by atoms with van der Waals surface area (Å²) >= 11 is 0. The highest BCUT2D eigenvalue weighted by atomic mass is 32.2. The van der Waals surface area contributed by atoms with Crippen LogP contribution in [0.5, 0.6) is 0 Å². The molecule has 1 fully saturated rings. The maximum Gasteiger partial charge on any atom is 0.191 e. The molecule has 3 unspecified atom stereocenters. The van der Waals surface area contributed by atoms with Crippen molar-refractivity contribution in [3.8, 4) is 0 Å². The Morgan fingerprint density at radius 2 is 2.14 bits per heavy atom. The Balaban J connectivity index is 1.53. The van der Waals surface area contributed by atoms with Gasteiger partial charge in [-0.2, -0.15) is 0 Å². The molecule has 3 rings (SSSR count). The first-order valence-electron chi connectivity index (χ1n) is 10.6. The Labute approximate surface area is 171 Å².